The number of hydrogen-bond donors (Lipinski definition) is 2. The zero-order valence-corrected chi connectivity index (χ0v) is 8.77. The van der Waals surface area contributed by atoms with Gasteiger partial charge in [0.25, 0.3) is 0 Å². The SMILES string of the molecule is COC(=O)N[C@H](CN)Cc1ccccc1. The van der Waals surface area contributed by atoms with Crippen molar-refractivity contribution in [2.75, 3.05) is 13.7 Å². The van der Waals surface area contributed by atoms with Crippen molar-refractivity contribution < 1.29 is 9.53 Å². The molecule has 0 spiro atoms. The molecule has 4 nitrogen and oxygen atoms in total. The Balaban J connectivity index is 2.50. The first-order valence-corrected chi connectivity index (χ1v) is 4.84. The van der Waals surface area contributed by atoms with Crippen LogP contribution in [-0.2, 0) is 11.2 Å². The highest BCUT2D eigenvalue weighted by Gasteiger charge is 2.10. The van der Waals surface area contributed by atoms with Crippen molar-refractivity contribution in [3.63, 3.8) is 0 Å². The zero-order chi connectivity index (χ0) is 11.1. The number of rotatable bonds is 4. The highest BCUT2D eigenvalue weighted by atomic mass is 16.5. The highest BCUT2D eigenvalue weighted by Crippen LogP contribution is 2.02. The van der Waals surface area contributed by atoms with Gasteiger partial charge in [0.1, 0.15) is 0 Å². The van der Waals surface area contributed by atoms with Crippen LogP contribution in [0.4, 0.5) is 4.79 Å². The van der Waals surface area contributed by atoms with Crippen molar-refractivity contribution >= 4 is 6.09 Å². The minimum Gasteiger partial charge on any atom is -0.453 e. The minimum absolute atomic E-state index is 0.0835. The number of benzene rings is 1. The highest BCUT2D eigenvalue weighted by molar-refractivity contribution is 5.67. The van der Waals surface area contributed by atoms with Gasteiger partial charge in [-0.05, 0) is 12.0 Å². The number of ether oxygens (including phenoxy) is 1. The molecule has 0 aliphatic carbocycles. The summed E-state index contributed by atoms with van der Waals surface area (Å²) in [7, 11) is 1.34. The van der Waals surface area contributed by atoms with E-state index in [9.17, 15) is 4.79 Å². The molecule has 0 bridgehead atoms. The van der Waals surface area contributed by atoms with E-state index in [1.54, 1.807) is 0 Å². The van der Waals surface area contributed by atoms with Gasteiger partial charge in [-0.2, -0.15) is 0 Å². The predicted octanol–water partition coefficient (Wildman–Crippen LogP) is 0.912. The summed E-state index contributed by atoms with van der Waals surface area (Å²) in [6.07, 6.45) is 0.272. The van der Waals surface area contributed by atoms with Gasteiger partial charge < -0.3 is 15.8 Å². The summed E-state index contributed by atoms with van der Waals surface area (Å²) >= 11 is 0. The van der Waals surface area contributed by atoms with E-state index in [1.165, 1.54) is 7.11 Å². The normalized spacial score (nSPS) is 11.9. The van der Waals surface area contributed by atoms with Crippen LogP contribution in [0, 0.1) is 0 Å². The Morgan fingerprint density at radius 1 is 1.47 bits per heavy atom. The number of amides is 1. The van der Waals surface area contributed by atoms with Crippen molar-refractivity contribution in [2.45, 2.75) is 12.5 Å². The fourth-order valence-corrected chi connectivity index (χ4v) is 1.32. The molecule has 1 aromatic rings. The van der Waals surface area contributed by atoms with Crippen molar-refractivity contribution in [1.82, 2.24) is 5.32 Å². The number of carbonyl (C=O) groups excluding carboxylic acids is 1. The van der Waals surface area contributed by atoms with E-state index >= 15 is 0 Å². The lowest BCUT2D eigenvalue weighted by Gasteiger charge is -2.15. The molecule has 1 aromatic carbocycles. The maximum atomic E-state index is 11.0. The van der Waals surface area contributed by atoms with E-state index in [0.717, 1.165) is 5.56 Å². The molecule has 3 N–H and O–H groups in total. The van der Waals surface area contributed by atoms with Crippen LogP contribution in [0.1, 0.15) is 5.56 Å². The number of carbonyl (C=O) groups is 1. The molecule has 0 heterocycles. The Hall–Kier alpha value is -1.55. The van der Waals surface area contributed by atoms with Crippen LogP contribution in [0.3, 0.4) is 0 Å². The third-order valence-electron chi connectivity index (χ3n) is 2.12. The number of methoxy groups -OCH3 is 1. The fourth-order valence-electron chi connectivity index (χ4n) is 1.32. The van der Waals surface area contributed by atoms with Gasteiger partial charge >= 0.3 is 6.09 Å². The molecular weight excluding hydrogens is 192 g/mol. The molecule has 82 valence electrons. The average molecular weight is 208 g/mol. The molecule has 0 aliphatic heterocycles. The maximum Gasteiger partial charge on any atom is 0.407 e. The molecule has 1 amide bonds. The quantitative estimate of drug-likeness (QED) is 0.773. The Labute approximate surface area is 89.4 Å². The molecule has 4 heteroatoms. The van der Waals surface area contributed by atoms with Gasteiger partial charge in [0.05, 0.1) is 7.11 Å². The molecule has 0 radical (unpaired) electrons. The minimum atomic E-state index is -0.443. The summed E-state index contributed by atoms with van der Waals surface area (Å²) in [6, 6.07) is 9.79. The van der Waals surface area contributed by atoms with Crippen LogP contribution in [0.5, 0.6) is 0 Å². The summed E-state index contributed by atoms with van der Waals surface area (Å²) < 4.78 is 4.51. The second kappa shape index (κ2) is 6.03. The second-order valence-corrected chi connectivity index (χ2v) is 3.26. The lowest BCUT2D eigenvalue weighted by Crippen LogP contribution is -2.41. The van der Waals surface area contributed by atoms with Gasteiger partial charge in [-0.15, -0.1) is 0 Å². The van der Waals surface area contributed by atoms with Gasteiger partial charge in [-0.3, -0.25) is 0 Å². The molecule has 0 aliphatic rings. The Bertz CT molecular complexity index is 301. The van der Waals surface area contributed by atoms with Crippen LogP contribution < -0.4 is 11.1 Å². The van der Waals surface area contributed by atoms with E-state index in [0.29, 0.717) is 13.0 Å². The number of alkyl carbamates (subject to hydrolysis) is 1. The van der Waals surface area contributed by atoms with Crippen LogP contribution >= 0.6 is 0 Å². The standard InChI is InChI=1S/C11H16N2O2/c1-15-11(14)13-10(8-12)7-9-5-3-2-4-6-9/h2-6,10H,7-8,12H2,1H3,(H,13,14)/t10-/m0/s1. The Morgan fingerprint density at radius 2 is 2.13 bits per heavy atom. The summed E-state index contributed by atoms with van der Waals surface area (Å²) in [6.45, 7) is 0.393. The molecule has 15 heavy (non-hydrogen) atoms. The monoisotopic (exact) mass is 208 g/mol. The van der Waals surface area contributed by atoms with Crippen LogP contribution in [0.15, 0.2) is 30.3 Å². The zero-order valence-electron chi connectivity index (χ0n) is 8.77. The van der Waals surface area contributed by atoms with E-state index in [2.05, 4.69) is 10.1 Å². The van der Waals surface area contributed by atoms with Crippen molar-refractivity contribution in [1.29, 1.82) is 0 Å². The summed E-state index contributed by atoms with van der Waals surface area (Å²) in [5, 5.41) is 2.68. The molecule has 0 fully saturated rings. The number of nitrogens with one attached hydrogen (secondary N) is 1. The molecular formula is C11H16N2O2. The van der Waals surface area contributed by atoms with E-state index < -0.39 is 6.09 Å². The topological polar surface area (TPSA) is 64.3 Å². The van der Waals surface area contributed by atoms with Crippen LogP contribution in [-0.4, -0.2) is 25.8 Å². The van der Waals surface area contributed by atoms with Crippen LogP contribution in [0.25, 0.3) is 0 Å². The van der Waals surface area contributed by atoms with Crippen molar-refractivity contribution in [3.05, 3.63) is 35.9 Å². The van der Waals surface area contributed by atoms with E-state index in [-0.39, 0.29) is 6.04 Å². The third-order valence-corrected chi connectivity index (χ3v) is 2.12. The molecule has 1 rings (SSSR count). The van der Waals surface area contributed by atoms with Gasteiger partial charge in [0.15, 0.2) is 0 Å². The average Bonchev–Trinajstić information content (AvgIpc) is 2.29. The van der Waals surface area contributed by atoms with E-state index in [4.69, 9.17) is 5.73 Å². The lowest BCUT2D eigenvalue weighted by molar-refractivity contribution is 0.167. The van der Waals surface area contributed by atoms with Gasteiger partial charge in [0.2, 0.25) is 0 Å². The largest absolute Gasteiger partial charge is 0.453 e. The smallest absolute Gasteiger partial charge is 0.407 e. The summed E-state index contributed by atoms with van der Waals surface area (Å²) in [5.74, 6) is 0. The molecule has 0 unspecified atom stereocenters. The van der Waals surface area contributed by atoms with Gasteiger partial charge in [0, 0.05) is 12.6 Å². The molecule has 1 atom stereocenters. The van der Waals surface area contributed by atoms with Gasteiger partial charge in [-0.25, -0.2) is 4.79 Å². The Kier molecular flexibility index (Phi) is 4.63. The molecule has 0 aromatic heterocycles. The third kappa shape index (κ3) is 3.99. The first kappa shape index (κ1) is 11.5. The first-order valence-electron chi connectivity index (χ1n) is 4.84. The van der Waals surface area contributed by atoms with Gasteiger partial charge in [-0.1, -0.05) is 30.3 Å². The van der Waals surface area contributed by atoms with Crippen LogP contribution in [0.2, 0.25) is 0 Å². The predicted molar refractivity (Wildman–Crippen MR) is 58.5 cm³/mol. The second-order valence-electron chi connectivity index (χ2n) is 3.26. The van der Waals surface area contributed by atoms with Crippen molar-refractivity contribution in [2.24, 2.45) is 5.73 Å². The Morgan fingerprint density at radius 3 is 2.67 bits per heavy atom. The van der Waals surface area contributed by atoms with E-state index in [1.807, 2.05) is 30.3 Å². The summed E-state index contributed by atoms with van der Waals surface area (Å²) in [5.41, 5.74) is 6.70. The number of nitrogens with two attached hydrogens (primary N) is 1. The lowest BCUT2D eigenvalue weighted by atomic mass is 10.1. The first-order chi connectivity index (χ1) is 7.26. The van der Waals surface area contributed by atoms with Crippen molar-refractivity contribution in [3.8, 4) is 0 Å². The molecule has 0 saturated carbocycles. The molecule has 0 saturated heterocycles. The summed E-state index contributed by atoms with van der Waals surface area (Å²) in [4.78, 5) is 11.0. The number of hydrogen-bond acceptors (Lipinski definition) is 3. The maximum absolute atomic E-state index is 11.0. The fraction of sp³-hybridized carbons (Fsp3) is 0.364.